The van der Waals surface area contributed by atoms with Gasteiger partial charge in [-0.2, -0.15) is 0 Å². The highest BCUT2D eigenvalue weighted by Crippen LogP contribution is 2.33. The van der Waals surface area contributed by atoms with E-state index in [1.165, 1.54) is 12.5 Å². The molecule has 3 N–H and O–H groups in total. The molecule has 3 atom stereocenters. The molecule has 1 aliphatic heterocycles. The second-order valence-electron chi connectivity index (χ2n) is 7.18. The molecule has 28 heavy (non-hydrogen) atoms. The van der Waals surface area contributed by atoms with Gasteiger partial charge in [0.25, 0.3) is 0 Å². The fourth-order valence-electron chi connectivity index (χ4n) is 3.88. The molecule has 0 saturated carbocycles. The molecule has 0 spiro atoms. The van der Waals surface area contributed by atoms with Gasteiger partial charge in [-0.1, -0.05) is 60.7 Å². The van der Waals surface area contributed by atoms with Gasteiger partial charge in [0.05, 0.1) is 12.5 Å². The lowest BCUT2D eigenvalue weighted by molar-refractivity contribution is -0.131. The first kappa shape index (κ1) is 21.9. The van der Waals surface area contributed by atoms with Crippen LogP contribution in [0.25, 0.3) is 0 Å². The minimum atomic E-state index is -0.316. The first-order valence-electron chi connectivity index (χ1n) is 9.43. The average molecular weight is 402 g/mol. The third-order valence-electron chi connectivity index (χ3n) is 5.28. The van der Waals surface area contributed by atoms with Gasteiger partial charge in [0.2, 0.25) is 11.8 Å². The molecule has 6 heteroatoms. The van der Waals surface area contributed by atoms with Crippen molar-refractivity contribution in [1.82, 2.24) is 10.2 Å². The smallest absolute Gasteiger partial charge is 0.225 e. The maximum Gasteiger partial charge on any atom is 0.225 e. The molecule has 1 saturated heterocycles. The van der Waals surface area contributed by atoms with Crippen LogP contribution in [0.1, 0.15) is 36.4 Å². The van der Waals surface area contributed by atoms with E-state index in [-0.39, 0.29) is 48.5 Å². The largest absolute Gasteiger partial charge is 0.349 e. The number of nitrogens with one attached hydrogen (secondary N) is 1. The molecule has 0 radical (unpaired) electrons. The number of hydrogen-bond acceptors (Lipinski definition) is 3. The summed E-state index contributed by atoms with van der Waals surface area (Å²) in [4.78, 5) is 26.5. The van der Waals surface area contributed by atoms with Crippen LogP contribution < -0.4 is 11.1 Å². The maximum absolute atomic E-state index is 13.0. The van der Waals surface area contributed by atoms with E-state index in [2.05, 4.69) is 17.4 Å². The summed E-state index contributed by atoms with van der Waals surface area (Å²) < 4.78 is 0. The molecular weight excluding hydrogens is 374 g/mol. The lowest BCUT2D eigenvalue weighted by atomic mass is 9.89. The van der Waals surface area contributed by atoms with E-state index < -0.39 is 0 Å². The summed E-state index contributed by atoms with van der Waals surface area (Å²) in [6.45, 7) is 3.37. The minimum absolute atomic E-state index is 0. The predicted molar refractivity (Wildman–Crippen MR) is 113 cm³/mol. The normalized spacial score (nSPS) is 19.6. The van der Waals surface area contributed by atoms with Crippen molar-refractivity contribution >= 4 is 24.2 Å². The van der Waals surface area contributed by atoms with E-state index in [9.17, 15) is 9.59 Å². The van der Waals surface area contributed by atoms with Gasteiger partial charge in [-0.05, 0) is 23.6 Å². The number of nitrogens with two attached hydrogens (primary N) is 1. The van der Waals surface area contributed by atoms with Gasteiger partial charge in [-0.15, -0.1) is 12.4 Å². The van der Waals surface area contributed by atoms with Crippen LogP contribution in [-0.4, -0.2) is 36.3 Å². The number of benzene rings is 2. The Balaban J connectivity index is 0.00000280. The molecule has 1 heterocycles. The number of hydrogen-bond donors (Lipinski definition) is 2. The molecule has 0 aliphatic carbocycles. The molecule has 5 nitrogen and oxygen atoms in total. The van der Waals surface area contributed by atoms with Crippen molar-refractivity contribution in [2.45, 2.75) is 25.3 Å². The third kappa shape index (κ3) is 5.33. The number of nitrogens with zero attached hydrogens (tertiary/aromatic N) is 1. The van der Waals surface area contributed by atoms with Gasteiger partial charge >= 0.3 is 0 Å². The Labute approximate surface area is 172 Å². The number of halogens is 1. The highest BCUT2D eigenvalue weighted by molar-refractivity contribution is 5.85. The average Bonchev–Trinajstić information content (AvgIpc) is 3.13. The summed E-state index contributed by atoms with van der Waals surface area (Å²) in [6.07, 6.45) is 0.252. The second kappa shape index (κ2) is 10.2. The maximum atomic E-state index is 13.0. The quantitative estimate of drug-likeness (QED) is 0.781. The fourth-order valence-corrected chi connectivity index (χ4v) is 3.88. The Kier molecular flexibility index (Phi) is 8.03. The third-order valence-corrected chi connectivity index (χ3v) is 5.28. The monoisotopic (exact) mass is 401 g/mol. The Morgan fingerprint density at radius 1 is 1.07 bits per heavy atom. The molecule has 3 rings (SSSR count). The van der Waals surface area contributed by atoms with Crippen LogP contribution in [0.3, 0.4) is 0 Å². The summed E-state index contributed by atoms with van der Waals surface area (Å²) in [5, 5.41) is 2.91. The van der Waals surface area contributed by atoms with E-state index in [4.69, 9.17) is 5.73 Å². The molecule has 1 unspecified atom stereocenters. The van der Waals surface area contributed by atoms with Crippen LogP contribution in [0.4, 0.5) is 0 Å². The topological polar surface area (TPSA) is 75.4 Å². The molecular formula is C22H28ClN3O2. The lowest BCUT2D eigenvalue weighted by Crippen LogP contribution is -2.35. The highest BCUT2D eigenvalue weighted by Gasteiger charge is 2.35. The molecule has 150 valence electrons. The van der Waals surface area contributed by atoms with Gasteiger partial charge in [0.15, 0.2) is 0 Å². The summed E-state index contributed by atoms with van der Waals surface area (Å²) in [6, 6.07) is 19.6. The van der Waals surface area contributed by atoms with Gasteiger partial charge in [-0.25, -0.2) is 0 Å². The van der Waals surface area contributed by atoms with Gasteiger partial charge in [0, 0.05) is 25.9 Å². The van der Waals surface area contributed by atoms with Crippen LogP contribution >= 0.6 is 12.4 Å². The van der Waals surface area contributed by atoms with Crippen molar-refractivity contribution in [2.75, 3.05) is 19.6 Å². The van der Waals surface area contributed by atoms with Crippen LogP contribution in [0.15, 0.2) is 60.7 Å². The Morgan fingerprint density at radius 2 is 1.68 bits per heavy atom. The van der Waals surface area contributed by atoms with Gasteiger partial charge in [0.1, 0.15) is 0 Å². The van der Waals surface area contributed by atoms with Crippen LogP contribution in [0.2, 0.25) is 0 Å². The summed E-state index contributed by atoms with van der Waals surface area (Å²) in [7, 11) is 0. The SMILES string of the molecule is CC(=O)NC(CC(=O)N1C[C@@H](CN)[C@H](c2ccccc2)C1)c1ccccc1.Cl. The molecule has 2 aromatic carbocycles. The first-order valence-corrected chi connectivity index (χ1v) is 9.43. The number of carbonyl (C=O) groups excluding carboxylic acids is 2. The Bertz CT molecular complexity index is 770. The summed E-state index contributed by atoms with van der Waals surface area (Å²) in [5.74, 6) is 0.429. The van der Waals surface area contributed by atoms with Crippen molar-refractivity contribution in [3.8, 4) is 0 Å². The van der Waals surface area contributed by atoms with E-state index in [1.54, 1.807) is 0 Å². The lowest BCUT2D eigenvalue weighted by Gasteiger charge is -2.22. The highest BCUT2D eigenvalue weighted by atomic mass is 35.5. The van der Waals surface area contributed by atoms with Crippen LogP contribution in [0, 0.1) is 5.92 Å². The van der Waals surface area contributed by atoms with E-state index in [1.807, 2.05) is 53.4 Å². The number of carbonyl (C=O) groups is 2. The Hall–Kier alpha value is -2.37. The predicted octanol–water partition coefficient (Wildman–Crippen LogP) is 2.88. The zero-order valence-corrected chi connectivity index (χ0v) is 16.9. The molecule has 2 amide bonds. The molecule has 0 bridgehead atoms. The minimum Gasteiger partial charge on any atom is -0.349 e. The van der Waals surface area contributed by atoms with Crippen molar-refractivity contribution in [2.24, 2.45) is 11.7 Å². The van der Waals surface area contributed by atoms with Crippen molar-refractivity contribution in [1.29, 1.82) is 0 Å². The number of amides is 2. The van der Waals surface area contributed by atoms with Crippen molar-refractivity contribution in [3.63, 3.8) is 0 Å². The summed E-state index contributed by atoms with van der Waals surface area (Å²) in [5.41, 5.74) is 8.15. The van der Waals surface area contributed by atoms with E-state index >= 15 is 0 Å². The van der Waals surface area contributed by atoms with E-state index in [0.29, 0.717) is 19.6 Å². The first-order chi connectivity index (χ1) is 13.1. The zero-order valence-electron chi connectivity index (χ0n) is 16.1. The molecule has 2 aromatic rings. The van der Waals surface area contributed by atoms with Crippen LogP contribution in [-0.2, 0) is 9.59 Å². The fraction of sp³-hybridized carbons (Fsp3) is 0.364. The van der Waals surface area contributed by atoms with Crippen molar-refractivity contribution in [3.05, 3.63) is 71.8 Å². The van der Waals surface area contributed by atoms with Crippen LogP contribution in [0.5, 0.6) is 0 Å². The number of likely N-dealkylation sites (tertiary alicyclic amines) is 1. The standard InChI is InChI=1S/C22H27N3O2.ClH/c1-16(26)24-21(18-10-6-3-7-11-18)12-22(27)25-14-19(13-23)20(15-25)17-8-4-2-5-9-17;/h2-11,19-21H,12-15,23H2,1H3,(H,24,26);1H/t19-,20+,21?;/m1./s1. The van der Waals surface area contributed by atoms with Crippen molar-refractivity contribution < 1.29 is 9.59 Å². The van der Waals surface area contributed by atoms with Gasteiger partial charge < -0.3 is 16.0 Å². The van der Waals surface area contributed by atoms with E-state index in [0.717, 1.165) is 5.56 Å². The molecule has 1 aliphatic rings. The zero-order chi connectivity index (χ0) is 19.2. The number of rotatable bonds is 6. The Morgan fingerprint density at radius 3 is 2.25 bits per heavy atom. The molecule has 1 fully saturated rings. The van der Waals surface area contributed by atoms with Gasteiger partial charge in [-0.3, -0.25) is 9.59 Å². The summed E-state index contributed by atoms with van der Waals surface area (Å²) >= 11 is 0. The second-order valence-corrected chi connectivity index (χ2v) is 7.18. The molecule has 0 aromatic heterocycles.